The van der Waals surface area contributed by atoms with Gasteiger partial charge in [0.2, 0.25) is 5.91 Å². The molecular formula is C17H20N2OS. The van der Waals surface area contributed by atoms with Gasteiger partial charge in [0.05, 0.1) is 0 Å². The van der Waals surface area contributed by atoms with Crippen LogP contribution in [0, 0.1) is 12.8 Å². The van der Waals surface area contributed by atoms with Gasteiger partial charge in [0.1, 0.15) is 6.04 Å². The highest BCUT2D eigenvalue weighted by Gasteiger charge is 2.33. The summed E-state index contributed by atoms with van der Waals surface area (Å²) in [4.78, 5) is 13.6. The number of thiophene rings is 1. The fourth-order valence-electron chi connectivity index (χ4n) is 2.80. The van der Waals surface area contributed by atoms with Crippen molar-refractivity contribution in [3.8, 4) is 0 Å². The summed E-state index contributed by atoms with van der Waals surface area (Å²) in [5.74, 6) is 0.461. The SMILES string of the molecule is Cc1ccc2c(c1)C(NC(c1cccs1)C(C)C)C(=O)N2. The van der Waals surface area contributed by atoms with E-state index < -0.39 is 0 Å². The zero-order valence-corrected chi connectivity index (χ0v) is 13.3. The van der Waals surface area contributed by atoms with Gasteiger partial charge < -0.3 is 5.32 Å². The molecule has 0 spiro atoms. The molecule has 110 valence electrons. The smallest absolute Gasteiger partial charge is 0.246 e. The first-order valence-electron chi connectivity index (χ1n) is 7.27. The molecule has 2 N–H and O–H groups in total. The Bertz CT molecular complexity index is 649. The first kappa shape index (κ1) is 14.3. The van der Waals surface area contributed by atoms with Crippen LogP contribution >= 0.6 is 11.3 Å². The van der Waals surface area contributed by atoms with Gasteiger partial charge in [-0.2, -0.15) is 0 Å². The second kappa shape index (κ2) is 5.62. The molecule has 0 fully saturated rings. The van der Waals surface area contributed by atoms with Crippen LogP contribution in [0.5, 0.6) is 0 Å². The van der Waals surface area contributed by atoms with Crippen molar-refractivity contribution in [2.24, 2.45) is 5.92 Å². The molecule has 1 aliphatic rings. The van der Waals surface area contributed by atoms with Crippen molar-refractivity contribution in [3.63, 3.8) is 0 Å². The molecule has 0 bridgehead atoms. The molecule has 0 saturated carbocycles. The minimum atomic E-state index is -0.269. The minimum absolute atomic E-state index is 0.0396. The Labute approximate surface area is 129 Å². The summed E-state index contributed by atoms with van der Waals surface area (Å²) < 4.78 is 0. The molecule has 1 amide bonds. The number of aryl methyl sites for hydroxylation is 1. The van der Waals surface area contributed by atoms with Crippen LogP contribution in [0.15, 0.2) is 35.7 Å². The zero-order valence-electron chi connectivity index (χ0n) is 12.5. The second-order valence-electron chi connectivity index (χ2n) is 5.92. The Balaban J connectivity index is 1.90. The molecule has 1 aliphatic heterocycles. The standard InChI is InChI=1S/C17H20N2OS/c1-10(2)15(14-5-4-8-21-14)19-16-12-9-11(3)6-7-13(12)18-17(16)20/h4-10,15-16,19H,1-3H3,(H,18,20). The average molecular weight is 300 g/mol. The van der Waals surface area contributed by atoms with Gasteiger partial charge >= 0.3 is 0 Å². The fraction of sp³-hybridized carbons (Fsp3) is 0.353. The van der Waals surface area contributed by atoms with E-state index in [0.717, 1.165) is 11.3 Å². The molecule has 0 radical (unpaired) electrons. The van der Waals surface area contributed by atoms with Crippen molar-refractivity contribution in [2.75, 3.05) is 5.32 Å². The highest BCUT2D eigenvalue weighted by atomic mass is 32.1. The van der Waals surface area contributed by atoms with E-state index >= 15 is 0 Å². The number of carbonyl (C=O) groups is 1. The van der Waals surface area contributed by atoms with Crippen LogP contribution in [0.25, 0.3) is 0 Å². The number of nitrogens with one attached hydrogen (secondary N) is 2. The lowest BCUT2D eigenvalue weighted by molar-refractivity contribution is -0.117. The number of benzene rings is 1. The van der Waals surface area contributed by atoms with Crippen LogP contribution < -0.4 is 10.6 Å². The Hall–Kier alpha value is -1.65. The quantitative estimate of drug-likeness (QED) is 0.895. The Morgan fingerprint density at radius 3 is 2.76 bits per heavy atom. The van der Waals surface area contributed by atoms with E-state index in [9.17, 15) is 4.79 Å². The number of carbonyl (C=O) groups excluding carboxylic acids is 1. The fourth-order valence-corrected chi connectivity index (χ4v) is 3.76. The second-order valence-corrected chi connectivity index (χ2v) is 6.90. The molecular weight excluding hydrogens is 280 g/mol. The Kier molecular flexibility index (Phi) is 3.83. The number of anilines is 1. The maximum absolute atomic E-state index is 12.3. The van der Waals surface area contributed by atoms with E-state index in [1.54, 1.807) is 11.3 Å². The molecule has 3 rings (SSSR count). The van der Waals surface area contributed by atoms with Gasteiger partial charge in [0.25, 0.3) is 0 Å². The summed E-state index contributed by atoms with van der Waals surface area (Å²) in [6.07, 6.45) is 0. The summed E-state index contributed by atoms with van der Waals surface area (Å²) in [6, 6.07) is 10.2. The summed E-state index contributed by atoms with van der Waals surface area (Å²) in [6.45, 7) is 6.42. The van der Waals surface area contributed by atoms with Gasteiger partial charge in [-0.05, 0) is 30.4 Å². The molecule has 0 saturated heterocycles. The molecule has 2 aromatic rings. The molecule has 1 aromatic carbocycles. The van der Waals surface area contributed by atoms with E-state index in [-0.39, 0.29) is 18.0 Å². The number of hydrogen-bond donors (Lipinski definition) is 2. The van der Waals surface area contributed by atoms with E-state index in [2.05, 4.69) is 55.0 Å². The van der Waals surface area contributed by atoms with Crippen molar-refractivity contribution < 1.29 is 4.79 Å². The lowest BCUT2D eigenvalue weighted by Crippen LogP contribution is -2.33. The van der Waals surface area contributed by atoms with Crippen molar-refractivity contribution in [1.82, 2.24) is 5.32 Å². The first-order valence-corrected chi connectivity index (χ1v) is 8.15. The number of fused-ring (bicyclic) bond motifs is 1. The highest BCUT2D eigenvalue weighted by Crippen LogP contribution is 2.35. The van der Waals surface area contributed by atoms with Crippen LogP contribution in [0.1, 0.15) is 41.9 Å². The van der Waals surface area contributed by atoms with Crippen LogP contribution in [0.4, 0.5) is 5.69 Å². The van der Waals surface area contributed by atoms with Crippen LogP contribution in [0.3, 0.4) is 0 Å². The third-order valence-electron chi connectivity index (χ3n) is 3.90. The molecule has 0 aliphatic carbocycles. The van der Waals surface area contributed by atoms with E-state index in [1.165, 1.54) is 10.4 Å². The zero-order chi connectivity index (χ0) is 15.0. The Morgan fingerprint density at radius 1 is 1.29 bits per heavy atom. The normalized spacial score (nSPS) is 18.7. The van der Waals surface area contributed by atoms with Gasteiger partial charge in [-0.15, -0.1) is 11.3 Å². The van der Waals surface area contributed by atoms with Crippen molar-refractivity contribution in [2.45, 2.75) is 32.9 Å². The largest absolute Gasteiger partial charge is 0.324 e. The van der Waals surface area contributed by atoms with Crippen LogP contribution in [-0.2, 0) is 4.79 Å². The van der Waals surface area contributed by atoms with Crippen molar-refractivity contribution in [1.29, 1.82) is 0 Å². The molecule has 3 nitrogen and oxygen atoms in total. The summed E-state index contributed by atoms with van der Waals surface area (Å²) in [5.41, 5.74) is 3.16. The predicted octanol–water partition coefficient (Wildman–Crippen LogP) is 4.04. The maximum Gasteiger partial charge on any atom is 0.246 e. The summed E-state index contributed by atoms with van der Waals surface area (Å²) in [5, 5.41) is 8.60. The number of rotatable bonds is 4. The monoisotopic (exact) mass is 300 g/mol. The highest BCUT2D eigenvalue weighted by molar-refractivity contribution is 7.10. The van der Waals surface area contributed by atoms with E-state index in [1.807, 2.05) is 12.1 Å². The third kappa shape index (κ3) is 2.74. The number of amides is 1. The number of hydrogen-bond acceptors (Lipinski definition) is 3. The average Bonchev–Trinajstić information content (AvgIpc) is 3.04. The lowest BCUT2D eigenvalue weighted by Gasteiger charge is -2.24. The molecule has 4 heteroatoms. The summed E-state index contributed by atoms with van der Waals surface area (Å²) in [7, 11) is 0. The lowest BCUT2D eigenvalue weighted by atomic mass is 9.99. The molecule has 21 heavy (non-hydrogen) atoms. The predicted molar refractivity (Wildman–Crippen MR) is 87.6 cm³/mol. The topological polar surface area (TPSA) is 41.1 Å². The van der Waals surface area contributed by atoms with Crippen LogP contribution in [0.2, 0.25) is 0 Å². The Morgan fingerprint density at radius 2 is 2.10 bits per heavy atom. The van der Waals surface area contributed by atoms with Crippen LogP contribution in [-0.4, -0.2) is 5.91 Å². The van der Waals surface area contributed by atoms with Gasteiger partial charge in [0, 0.05) is 22.2 Å². The van der Waals surface area contributed by atoms with Crippen molar-refractivity contribution in [3.05, 3.63) is 51.7 Å². The van der Waals surface area contributed by atoms with E-state index in [0.29, 0.717) is 5.92 Å². The minimum Gasteiger partial charge on any atom is -0.324 e. The van der Waals surface area contributed by atoms with Gasteiger partial charge in [-0.25, -0.2) is 0 Å². The molecule has 2 atom stereocenters. The van der Waals surface area contributed by atoms with Gasteiger partial charge in [-0.3, -0.25) is 10.1 Å². The maximum atomic E-state index is 12.3. The molecule has 2 unspecified atom stereocenters. The summed E-state index contributed by atoms with van der Waals surface area (Å²) >= 11 is 1.73. The van der Waals surface area contributed by atoms with E-state index in [4.69, 9.17) is 0 Å². The molecule has 1 aromatic heterocycles. The van der Waals surface area contributed by atoms with Gasteiger partial charge in [-0.1, -0.05) is 37.6 Å². The third-order valence-corrected chi connectivity index (χ3v) is 4.86. The van der Waals surface area contributed by atoms with Crippen molar-refractivity contribution >= 4 is 22.9 Å². The van der Waals surface area contributed by atoms with Gasteiger partial charge in [0.15, 0.2) is 0 Å². The molecule has 2 heterocycles. The first-order chi connectivity index (χ1) is 10.1.